The van der Waals surface area contributed by atoms with Gasteiger partial charge in [0, 0.05) is 11.4 Å². The lowest BCUT2D eigenvalue weighted by molar-refractivity contribution is -0.123. The summed E-state index contributed by atoms with van der Waals surface area (Å²) in [5, 5.41) is 6.66. The predicted octanol–water partition coefficient (Wildman–Crippen LogP) is 3.35. The maximum atomic E-state index is 11.9. The molecule has 0 atom stereocenters. The fourth-order valence-electron chi connectivity index (χ4n) is 1.89. The van der Waals surface area contributed by atoms with Crippen LogP contribution in [0.15, 0.2) is 64.2 Å². The lowest BCUT2D eigenvalue weighted by Crippen LogP contribution is -2.26. The molecule has 0 fully saturated rings. The summed E-state index contributed by atoms with van der Waals surface area (Å²) in [7, 11) is 0. The van der Waals surface area contributed by atoms with E-state index in [0.717, 1.165) is 4.47 Å². The number of benzene rings is 2. The van der Waals surface area contributed by atoms with Crippen LogP contribution >= 0.6 is 15.9 Å². The Balaban J connectivity index is 1.75. The molecular formula is C18H18BrN3O3. The van der Waals surface area contributed by atoms with Crippen molar-refractivity contribution in [3.63, 3.8) is 0 Å². The van der Waals surface area contributed by atoms with Crippen molar-refractivity contribution in [2.24, 2.45) is 5.10 Å². The average molecular weight is 404 g/mol. The molecule has 2 aromatic carbocycles. The zero-order valence-corrected chi connectivity index (χ0v) is 15.2. The van der Waals surface area contributed by atoms with E-state index in [1.807, 2.05) is 36.4 Å². The van der Waals surface area contributed by atoms with Crippen LogP contribution in [-0.4, -0.2) is 24.1 Å². The molecule has 0 aliphatic rings. The fraction of sp³-hybridized carbons (Fsp3) is 0.167. The van der Waals surface area contributed by atoms with Gasteiger partial charge in [-0.3, -0.25) is 9.59 Å². The molecule has 2 N–H and O–H groups in total. The Kier molecular flexibility index (Phi) is 7.16. The average Bonchev–Trinajstić information content (AvgIpc) is 2.60. The number of ether oxygens (including phenoxy) is 1. The van der Waals surface area contributed by atoms with E-state index in [0.29, 0.717) is 17.1 Å². The number of halogens is 1. The van der Waals surface area contributed by atoms with Crippen molar-refractivity contribution in [2.75, 3.05) is 11.9 Å². The van der Waals surface area contributed by atoms with Gasteiger partial charge in [0.25, 0.3) is 5.91 Å². The third-order valence-electron chi connectivity index (χ3n) is 3.04. The Morgan fingerprint density at radius 3 is 2.44 bits per heavy atom. The monoisotopic (exact) mass is 403 g/mol. The second-order valence-corrected chi connectivity index (χ2v) is 6.05. The lowest BCUT2D eigenvalue weighted by Gasteiger charge is -2.07. The van der Waals surface area contributed by atoms with Gasteiger partial charge >= 0.3 is 0 Å². The van der Waals surface area contributed by atoms with Crippen molar-refractivity contribution in [3.8, 4) is 5.75 Å². The molecule has 0 spiro atoms. The van der Waals surface area contributed by atoms with E-state index in [1.165, 1.54) is 0 Å². The number of para-hydroxylation sites is 2. The number of nitrogens with one attached hydrogen (secondary N) is 2. The van der Waals surface area contributed by atoms with E-state index in [2.05, 4.69) is 31.8 Å². The molecule has 0 aliphatic carbocycles. The number of anilines is 1. The van der Waals surface area contributed by atoms with Crippen molar-refractivity contribution in [3.05, 3.63) is 59.1 Å². The fourth-order valence-corrected chi connectivity index (χ4v) is 2.29. The van der Waals surface area contributed by atoms with Gasteiger partial charge in [-0.2, -0.15) is 5.10 Å². The molecule has 2 rings (SSSR count). The van der Waals surface area contributed by atoms with Crippen molar-refractivity contribution < 1.29 is 14.3 Å². The van der Waals surface area contributed by atoms with Gasteiger partial charge in [-0.25, -0.2) is 5.43 Å². The van der Waals surface area contributed by atoms with Gasteiger partial charge in [-0.1, -0.05) is 30.3 Å². The molecule has 2 amide bonds. The number of carbonyl (C=O) groups is 2. The molecule has 0 unspecified atom stereocenters. The van der Waals surface area contributed by atoms with E-state index in [4.69, 9.17) is 4.74 Å². The van der Waals surface area contributed by atoms with E-state index in [-0.39, 0.29) is 18.9 Å². The van der Waals surface area contributed by atoms with Crippen LogP contribution in [-0.2, 0) is 9.59 Å². The second kappa shape index (κ2) is 9.58. The number of carbonyl (C=O) groups excluding carboxylic acids is 2. The van der Waals surface area contributed by atoms with Crippen LogP contribution in [0.2, 0.25) is 0 Å². The molecule has 2 aromatic rings. The molecule has 6 nitrogen and oxygen atoms in total. The SMILES string of the molecule is C/C(CC(=O)Nc1ccccc1)=N\NC(=O)COc1ccccc1Br. The molecule has 7 heteroatoms. The normalized spacial score (nSPS) is 10.9. The Labute approximate surface area is 154 Å². The zero-order chi connectivity index (χ0) is 18.1. The molecule has 0 radical (unpaired) electrons. The number of amides is 2. The third kappa shape index (κ3) is 6.76. The molecule has 0 aromatic heterocycles. The summed E-state index contributed by atoms with van der Waals surface area (Å²) in [5.41, 5.74) is 3.57. The second-order valence-electron chi connectivity index (χ2n) is 5.19. The third-order valence-corrected chi connectivity index (χ3v) is 3.70. The number of hydrogen-bond acceptors (Lipinski definition) is 4. The summed E-state index contributed by atoms with van der Waals surface area (Å²) >= 11 is 3.33. The Morgan fingerprint density at radius 1 is 1.04 bits per heavy atom. The minimum atomic E-state index is -0.404. The molecule has 25 heavy (non-hydrogen) atoms. The molecule has 130 valence electrons. The molecular weight excluding hydrogens is 386 g/mol. The van der Waals surface area contributed by atoms with Crippen molar-refractivity contribution in [2.45, 2.75) is 13.3 Å². The first-order valence-electron chi connectivity index (χ1n) is 7.59. The van der Waals surface area contributed by atoms with Crippen LogP contribution in [0.5, 0.6) is 5.75 Å². The maximum Gasteiger partial charge on any atom is 0.277 e. The first kappa shape index (κ1) is 18.7. The summed E-state index contributed by atoms with van der Waals surface area (Å²) in [6, 6.07) is 16.4. The highest BCUT2D eigenvalue weighted by Gasteiger charge is 2.07. The van der Waals surface area contributed by atoms with Gasteiger partial charge in [-0.15, -0.1) is 0 Å². The quantitative estimate of drug-likeness (QED) is 0.549. The van der Waals surface area contributed by atoms with Gasteiger partial charge in [0.05, 0.1) is 10.9 Å². The highest BCUT2D eigenvalue weighted by Crippen LogP contribution is 2.23. The highest BCUT2D eigenvalue weighted by molar-refractivity contribution is 9.10. The number of hydrogen-bond donors (Lipinski definition) is 2. The lowest BCUT2D eigenvalue weighted by atomic mass is 10.2. The summed E-state index contributed by atoms with van der Waals surface area (Å²) in [6.45, 7) is 1.50. The topological polar surface area (TPSA) is 79.8 Å². The van der Waals surface area contributed by atoms with E-state index in [1.54, 1.807) is 25.1 Å². The Hall–Kier alpha value is -2.67. The first-order valence-corrected chi connectivity index (χ1v) is 8.38. The maximum absolute atomic E-state index is 11.9. The molecule has 0 saturated carbocycles. The largest absolute Gasteiger partial charge is 0.483 e. The van der Waals surface area contributed by atoms with Crippen LogP contribution in [0, 0.1) is 0 Å². The first-order chi connectivity index (χ1) is 12.0. The summed E-state index contributed by atoms with van der Waals surface area (Å²) < 4.78 is 6.15. The van der Waals surface area contributed by atoms with E-state index in [9.17, 15) is 9.59 Å². The van der Waals surface area contributed by atoms with Crippen LogP contribution in [0.3, 0.4) is 0 Å². The summed E-state index contributed by atoms with van der Waals surface area (Å²) in [6.07, 6.45) is 0.0836. The van der Waals surface area contributed by atoms with E-state index < -0.39 is 5.91 Å². The van der Waals surface area contributed by atoms with Crippen LogP contribution < -0.4 is 15.5 Å². The molecule has 0 bridgehead atoms. The van der Waals surface area contributed by atoms with Crippen molar-refractivity contribution in [1.29, 1.82) is 0 Å². The number of hydrazone groups is 1. The van der Waals surface area contributed by atoms with Gasteiger partial charge in [0.15, 0.2) is 6.61 Å². The standard InChI is InChI=1S/C18H18BrN3O3/c1-13(11-17(23)20-14-7-3-2-4-8-14)21-22-18(24)12-25-16-10-6-5-9-15(16)19/h2-10H,11-12H2,1H3,(H,20,23)(H,22,24)/b21-13+. The Bertz CT molecular complexity index is 763. The summed E-state index contributed by atoms with van der Waals surface area (Å²) in [4.78, 5) is 23.6. The van der Waals surface area contributed by atoms with Crippen molar-refractivity contribution >= 4 is 39.1 Å². The van der Waals surface area contributed by atoms with Crippen molar-refractivity contribution in [1.82, 2.24) is 5.43 Å². The van der Waals surface area contributed by atoms with Gasteiger partial charge in [0.1, 0.15) is 5.75 Å². The van der Waals surface area contributed by atoms with E-state index >= 15 is 0 Å². The molecule has 0 saturated heterocycles. The molecule has 0 aliphatic heterocycles. The minimum Gasteiger partial charge on any atom is -0.483 e. The predicted molar refractivity (Wildman–Crippen MR) is 101 cm³/mol. The van der Waals surface area contributed by atoms with Gasteiger partial charge < -0.3 is 10.1 Å². The zero-order valence-electron chi connectivity index (χ0n) is 13.7. The molecule has 0 heterocycles. The minimum absolute atomic E-state index is 0.0836. The number of rotatable bonds is 7. The van der Waals surface area contributed by atoms with Gasteiger partial charge in [-0.05, 0) is 47.1 Å². The van der Waals surface area contributed by atoms with Crippen LogP contribution in [0.25, 0.3) is 0 Å². The van der Waals surface area contributed by atoms with Crippen LogP contribution in [0.4, 0.5) is 5.69 Å². The van der Waals surface area contributed by atoms with Gasteiger partial charge in [0.2, 0.25) is 5.91 Å². The number of nitrogens with zero attached hydrogens (tertiary/aromatic N) is 1. The Morgan fingerprint density at radius 2 is 1.72 bits per heavy atom. The summed E-state index contributed by atoms with van der Waals surface area (Å²) in [5.74, 6) is -0.0367. The smallest absolute Gasteiger partial charge is 0.277 e. The van der Waals surface area contributed by atoms with Crippen LogP contribution in [0.1, 0.15) is 13.3 Å². The highest BCUT2D eigenvalue weighted by atomic mass is 79.9.